The van der Waals surface area contributed by atoms with E-state index in [1.165, 1.54) is 0 Å². The molecule has 17 heteroatoms. The summed E-state index contributed by atoms with van der Waals surface area (Å²) in [6, 6.07) is -7.56. The lowest BCUT2D eigenvalue weighted by Gasteiger charge is -2.29. The Morgan fingerprint density at radius 3 is 1.82 bits per heavy atom. The minimum absolute atomic E-state index is 0.0691. The molecule has 0 saturated carbocycles. The second kappa shape index (κ2) is 18.7. The van der Waals surface area contributed by atoms with Crippen molar-refractivity contribution >= 4 is 63.1 Å². The third-order valence-corrected chi connectivity index (χ3v) is 9.36. The van der Waals surface area contributed by atoms with Gasteiger partial charge in [-0.05, 0) is 24.2 Å². The number of nitrogens with two attached hydrogens (primary N) is 1. The third-order valence-electron chi connectivity index (χ3n) is 6.91. The summed E-state index contributed by atoms with van der Waals surface area (Å²) < 4.78 is 0. The van der Waals surface area contributed by atoms with Gasteiger partial charge in [0.15, 0.2) is 0 Å². The number of carbonyl (C=O) groups is 7. The van der Waals surface area contributed by atoms with E-state index in [0.29, 0.717) is 6.42 Å². The van der Waals surface area contributed by atoms with Crippen LogP contribution in [-0.4, -0.2) is 99.4 Å². The Morgan fingerprint density at radius 2 is 1.30 bits per heavy atom. The fourth-order valence-electron chi connectivity index (χ4n) is 4.12. The molecule has 1 heterocycles. The highest BCUT2D eigenvalue weighted by Gasteiger charge is 2.36. The summed E-state index contributed by atoms with van der Waals surface area (Å²) >= 11 is 0. The summed E-state index contributed by atoms with van der Waals surface area (Å²) in [5, 5.41) is 31.6. The number of carbonyl (C=O) groups excluding carboxylic acids is 5. The van der Waals surface area contributed by atoms with E-state index in [1.54, 1.807) is 34.6 Å². The van der Waals surface area contributed by atoms with Crippen molar-refractivity contribution in [1.82, 2.24) is 26.6 Å². The van der Waals surface area contributed by atoms with Crippen LogP contribution in [0, 0.1) is 17.8 Å². The summed E-state index contributed by atoms with van der Waals surface area (Å²) in [4.78, 5) is 89.6. The first kappa shape index (κ1) is 39.0. The zero-order chi connectivity index (χ0) is 33.7. The highest BCUT2D eigenvalue weighted by atomic mass is 33.1. The normalized spacial score (nSPS) is 27.8. The second-order valence-electron chi connectivity index (χ2n) is 11.5. The fraction of sp³-hybridized carbons (Fsp3) is 0.741. The molecule has 1 rings (SSSR count). The maximum absolute atomic E-state index is 13.4. The van der Waals surface area contributed by atoms with Crippen LogP contribution in [0.25, 0.3) is 0 Å². The van der Waals surface area contributed by atoms with Crippen molar-refractivity contribution in [3.63, 3.8) is 0 Å². The van der Waals surface area contributed by atoms with Crippen molar-refractivity contribution in [2.45, 2.75) is 97.1 Å². The van der Waals surface area contributed by atoms with Crippen molar-refractivity contribution in [2.24, 2.45) is 23.5 Å². The average Bonchev–Trinajstić information content (AvgIpc) is 2.92. The van der Waals surface area contributed by atoms with Crippen LogP contribution in [0.3, 0.4) is 0 Å². The van der Waals surface area contributed by atoms with Gasteiger partial charge in [0, 0.05) is 11.5 Å². The minimum Gasteiger partial charge on any atom is -0.481 e. The lowest BCUT2D eigenvalue weighted by atomic mass is 9.96. The van der Waals surface area contributed by atoms with Gasteiger partial charge in [-0.1, -0.05) is 69.6 Å². The van der Waals surface area contributed by atoms with Crippen LogP contribution in [0.4, 0.5) is 0 Å². The predicted octanol–water partition coefficient (Wildman–Crippen LogP) is -0.560. The van der Waals surface area contributed by atoms with Crippen molar-refractivity contribution in [3.05, 3.63) is 0 Å². The van der Waals surface area contributed by atoms with Crippen molar-refractivity contribution in [1.29, 1.82) is 0 Å². The van der Waals surface area contributed by atoms with Gasteiger partial charge in [-0.15, -0.1) is 0 Å². The first-order valence-corrected chi connectivity index (χ1v) is 16.9. The molecule has 0 aromatic rings. The van der Waals surface area contributed by atoms with Crippen LogP contribution < -0.4 is 32.3 Å². The van der Waals surface area contributed by atoms with Gasteiger partial charge in [0.1, 0.15) is 30.2 Å². The predicted molar refractivity (Wildman–Crippen MR) is 166 cm³/mol. The van der Waals surface area contributed by atoms with Gasteiger partial charge in [-0.3, -0.25) is 28.8 Å². The van der Waals surface area contributed by atoms with Gasteiger partial charge < -0.3 is 42.5 Å². The van der Waals surface area contributed by atoms with Gasteiger partial charge in [-0.2, -0.15) is 0 Å². The number of nitrogens with one attached hydrogen (secondary N) is 5. The Kier molecular flexibility index (Phi) is 16.6. The fourth-order valence-corrected chi connectivity index (χ4v) is 6.40. The Hall–Kier alpha value is -3.05. The molecule has 250 valence electrons. The molecular weight excluding hydrogens is 616 g/mol. The van der Waals surface area contributed by atoms with E-state index in [1.807, 2.05) is 6.92 Å². The van der Waals surface area contributed by atoms with Crippen LogP contribution >= 0.6 is 21.6 Å². The number of carboxylic acid groups (broad SMARTS) is 2. The number of hydrogen-bond donors (Lipinski definition) is 8. The average molecular weight is 663 g/mol. The second-order valence-corrected chi connectivity index (χ2v) is 14.1. The van der Waals surface area contributed by atoms with Crippen LogP contribution in [0.1, 0.15) is 60.8 Å². The number of carboxylic acids is 2. The van der Waals surface area contributed by atoms with E-state index in [9.17, 15) is 43.8 Å². The lowest BCUT2D eigenvalue weighted by molar-refractivity contribution is -0.143. The molecule has 7 atom stereocenters. The van der Waals surface area contributed by atoms with Crippen LogP contribution in [0.5, 0.6) is 0 Å². The van der Waals surface area contributed by atoms with Crippen molar-refractivity contribution in [3.8, 4) is 0 Å². The molecular formula is C27H46N6O9S2. The Labute approximate surface area is 265 Å². The maximum Gasteiger partial charge on any atom is 0.327 e. The number of amides is 5. The van der Waals surface area contributed by atoms with E-state index in [4.69, 9.17) is 5.73 Å². The summed E-state index contributed by atoms with van der Waals surface area (Å²) in [5.74, 6) is -7.71. The van der Waals surface area contributed by atoms with Gasteiger partial charge in [0.05, 0.1) is 12.5 Å². The van der Waals surface area contributed by atoms with Crippen LogP contribution in [0.15, 0.2) is 0 Å². The Bertz CT molecular complexity index is 1060. The molecule has 9 N–H and O–H groups in total. The number of hydrogen-bond acceptors (Lipinski definition) is 10. The lowest BCUT2D eigenvalue weighted by Crippen LogP contribution is -2.61. The van der Waals surface area contributed by atoms with E-state index < -0.39 is 90.1 Å². The zero-order valence-corrected chi connectivity index (χ0v) is 27.5. The van der Waals surface area contributed by atoms with Crippen molar-refractivity contribution in [2.75, 3.05) is 11.5 Å². The highest BCUT2D eigenvalue weighted by Crippen LogP contribution is 2.23. The van der Waals surface area contributed by atoms with Crippen LogP contribution in [0.2, 0.25) is 0 Å². The van der Waals surface area contributed by atoms with E-state index in [0.717, 1.165) is 21.6 Å². The molecule has 1 saturated heterocycles. The molecule has 0 spiro atoms. The van der Waals surface area contributed by atoms with Gasteiger partial charge >= 0.3 is 11.9 Å². The SMILES string of the molecule is CCC(C)[C@@H]1NC(=O)[C@@H](N)CSSC[C@@H](C(=O)O)NC(=O)[C@H](C(C)C)NC(=O)[C@H](CC(=O)O)NC(=O)[C@H](CC(C)C)NC1=O. The van der Waals surface area contributed by atoms with E-state index >= 15 is 0 Å². The summed E-state index contributed by atoms with van der Waals surface area (Å²) in [7, 11) is 2.18. The Morgan fingerprint density at radius 1 is 0.773 bits per heavy atom. The Balaban J connectivity index is 3.53. The molecule has 0 bridgehead atoms. The maximum atomic E-state index is 13.4. The zero-order valence-electron chi connectivity index (χ0n) is 25.9. The number of rotatable bonds is 8. The highest BCUT2D eigenvalue weighted by molar-refractivity contribution is 8.76. The quantitative estimate of drug-likeness (QED) is 0.152. The molecule has 44 heavy (non-hydrogen) atoms. The molecule has 5 amide bonds. The van der Waals surface area contributed by atoms with Crippen LogP contribution in [-0.2, 0) is 33.6 Å². The molecule has 15 nitrogen and oxygen atoms in total. The molecule has 1 unspecified atom stereocenters. The molecule has 1 aliphatic heterocycles. The molecule has 0 aromatic carbocycles. The molecule has 0 radical (unpaired) electrons. The minimum atomic E-state index is -1.63. The first-order valence-electron chi connectivity index (χ1n) is 14.4. The molecule has 1 aliphatic rings. The number of aliphatic carboxylic acids is 2. The summed E-state index contributed by atoms with van der Waals surface area (Å²) in [5.41, 5.74) is 6.05. The van der Waals surface area contributed by atoms with Gasteiger partial charge in [0.2, 0.25) is 29.5 Å². The molecule has 0 aliphatic carbocycles. The third kappa shape index (κ3) is 12.9. The monoisotopic (exact) mass is 662 g/mol. The summed E-state index contributed by atoms with van der Waals surface area (Å²) in [6.07, 6.45) is -0.206. The standard InChI is InChI=1S/C27H46N6O9S2/c1-7-14(6)21-26(40)30-16(8-12(2)3)23(37)29-17(9-19(34)35)24(38)32-20(13(4)5)25(39)31-18(27(41)42)11-44-43-10-15(28)22(36)33-21/h12-18,20-21H,7-11,28H2,1-6H3,(H,29,37)(H,30,40)(H,31,39)(H,32,38)(H,33,36)(H,34,35)(H,41,42)/t14?,15-,16-,17-,18-,20-,21-/m0/s1. The largest absolute Gasteiger partial charge is 0.481 e. The topological polar surface area (TPSA) is 246 Å². The summed E-state index contributed by atoms with van der Waals surface area (Å²) in [6.45, 7) is 10.4. The van der Waals surface area contributed by atoms with Gasteiger partial charge in [0.25, 0.3) is 0 Å². The molecule has 0 aromatic heterocycles. The van der Waals surface area contributed by atoms with Gasteiger partial charge in [-0.25, -0.2) is 4.79 Å². The first-order chi connectivity index (χ1) is 20.5. The van der Waals surface area contributed by atoms with E-state index in [2.05, 4.69) is 26.6 Å². The smallest absolute Gasteiger partial charge is 0.327 e. The van der Waals surface area contributed by atoms with E-state index in [-0.39, 0.29) is 29.8 Å². The molecule has 1 fully saturated rings. The van der Waals surface area contributed by atoms with Crippen molar-refractivity contribution < 1.29 is 43.8 Å².